The van der Waals surface area contributed by atoms with Crippen LogP contribution in [-0.4, -0.2) is 32.9 Å². The molecule has 0 aliphatic heterocycles. The lowest BCUT2D eigenvalue weighted by atomic mass is 10.1. The van der Waals surface area contributed by atoms with Gasteiger partial charge in [-0.25, -0.2) is 8.42 Å². The minimum Gasteiger partial charge on any atom is -0.316 e. The highest BCUT2D eigenvalue weighted by Crippen LogP contribution is 2.31. The van der Waals surface area contributed by atoms with Gasteiger partial charge in [-0.2, -0.15) is 4.31 Å². The third kappa shape index (κ3) is 3.50. The van der Waals surface area contributed by atoms with Gasteiger partial charge in [0.25, 0.3) is 0 Å². The summed E-state index contributed by atoms with van der Waals surface area (Å²) in [7, 11) is 0.125. The maximum atomic E-state index is 12.9. The van der Waals surface area contributed by atoms with Crippen molar-refractivity contribution in [3.63, 3.8) is 0 Å². The van der Waals surface area contributed by atoms with E-state index in [0.717, 1.165) is 41.3 Å². The van der Waals surface area contributed by atoms with E-state index in [4.69, 9.17) is 0 Å². The standard InChI is InChI=1S/C15H23BrN2O2S/c1-11-14(16)8-12(10-17-2)9-15(11)21(19,20)18(3)13-6-4-5-7-13/h8-9,13,17H,4-7,10H2,1-3H3. The van der Waals surface area contributed by atoms with Crippen LogP contribution in [0.1, 0.15) is 36.8 Å². The SMILES string of the molecule is CNCc1cc(Br)c(C)c(S(=O)(=O)N(C)C2CCCC2)c1. The molecular weight excluding hydrogens is 352 g/mol. The summed E-state index contributed by atoms with van der Waals surface area (Å²) in [6, 6.07) is 3.90. The summed E-state index contributed by atoms with van der Waals surface area (Å²) >= 11 is 3.48. The highest BCUT2D eigenvalue weighted by molar-refractivity contribution is 9.10. The number of nitrogens with one attached hydrogen (secondary N) is 1. The van der Waals surface area contributed by atoms with Crippen molar-refractivity contribution in [2.24, 2.45) is 0 Å². The second-order valence-corrected chi connectivity index (χ2v) is 8.51. The molecule has 0 unspecified atom stereocenters. The summed E-state index contributed by atoms with van der Waals surface area (Å²) < 4.78 is 28.3. The summed E-state index contributed by atoms with van der Waals surface area (Å²) in [4.78, 5) is 0.413. The first kappa shape index (κ1) is 16.9. The highest BCUT2D eigenvalue weighted by atomic mass is 79.9. The van der Waals surface area contributed by atoms with Crippen molar-refractivity contribution in [2.45, 2.75) is 50.1 Å². The fraction of sp³-hybridized carbons (Fsp3) is 0.600. The molecule has 0 amide bonds. The molecule has 1 aromatic carbocycles. The van der Waals surface area contributed by atoms with Crippen LogP contribution in [0.15, 0.2) is 21.5 Å². The van der Waals surface area contributed by atoms with E-state index in [-0.39, 0.29) is 6.04 Å². The Balaban J connectivity index is 2.43. The van der Waals surface area contributed by atoms with E-state index >= 15 is 0 Å². The Labute approximate surface area is 136 Å². The second kappa shape index (κ2) is 6.77. The molecule has 0 bridgehead atoms. The Morgan fingerprint density at radius 3 is 2.52 bits per heavy atom. The van der Waals surface area contributed by atoms with E-state index in [2.05, 4.69) is 21.2 Å². The van der Waals surface area contributed by atoms with E-state index in [0.29, 0.717) is 11.4 Å². The molecule has 1 saturated carbocycles. The van der Waals surface area contributed by atoms with Crippen LogP contribution in [0, 0.1) is 6.92 Å². The molecule has 6 heteroatoms. The number of hydrogen-bond acceptors (Lipinski definition) is 3. The van der Waals surface area contributed by atoms with Crippen molar-refractivity contribution in [2.75, 3.05) is 14.1 Å². The Bertz CT molecular complexity index is 610. The maximum absolute atomic E-state index is 12.9. The number of benzene rings is 1. The molecule has 1 aliphatic carbocycles. The van der Waals surface area contributed by atoms with Crippen molar-refractivity contribution < 1.29 is 8.42 Å². The number of halogens is 1. The van der Waals surface area contributed by atoms with Crippen LogP contribution in [0.3, 0.4) is 0 Å². The second-order valence-electron chi connectivity index (χ2n) is 5.69. The molecule has 0 saturated heterocycles. The Kier molecular flexibility index (Phi) is 5.46. The number of rotatable bonds is 5. The van der Waals surface area contributed by atoms with E-state index in [1.807, 2.05) is 20.0 Å². The fourth-order valence-electron chi connectivity index (χ4n) is 2.90. The Morgan fingerprint density at radius 1 is 1.33 bits per heavy atom. The predicted octanol–water partition coefficient (Wildman–Crippen LogP) is 3.04. The van der Waals surface area contributed by atoms with Crippen LogP contribution in [0.25, 0.3) is 0 Å². The van der Waals surface area contributed by atoms with E-state index in [1.54, 1.807) is 17.4 Å². The summed E-state index contributed by atoms with van der Waals surface area (Å²) in [5.74, 6) is 0. The van der Waals surface area contributed by atoms with Crippen molar-refractivity contribution >= 4 is 26.0 Å². The van der Waals surface area contributed by atoms with E-state index < -0.39 is 10.0 Å². The molecule has 0 atom stereocenters. The summed E-state index contributed by atoms with van der Waals surface area (Å²) in [5.41, 5.74) is 1.74. The van der Waals surface area contributed by atoms with Gasteiger partial charge in [0.15, 0.2) is 0 Å². The molecule has 21 heavy (non-hydrogen) atoms. The van der Waals surface area contributed by atoms with E-state index in [9.17, 15) is 8.42 Å². The predicted molar refractivity (Wildman–Crippen MR) is 88.8 cm³/mol. The molecule has 0 heterocycles. The monoisotopic (exact) mass is 374 g/mol. The van der Waals surface area contributed by atoms with Gasteiger partial charge in [-0.1, -0.05) is 28.8 Å². The van der Waals surface area contributed by atoms with Gasteiger partial charge in [-0.15, -0.1) is 0 Å². The smallest absolute Gasteiger partial charge is 0.243 e. The first-order valence-electron chi connectivity index (χ1n) is 7.29. The van der Waals surface area contributed by atoms with Gasteiger partial charge in [0.2, 0.25) is 10.0 Å². The summed E-state index contributed by atoms with van der Waals surface area (Å²) in [6.07, 6.45) is 4.16. The molecule has 4 nitrogen and oxygen atoms in total. The van der Waals surface area contributed by atoms with Crippen molar-refractivity contribution in [3.8, 4) is 0 Å². The van der Waals surface area contributed by atoms with Crippen LogP contribution in [0.2, 0.25) is 0 Å². The number of nitrogens with zero attached hydrogens (tertiary/aromatic N) is 1. The molecule has 0 aromatic heterocycles. The largest absolute Gasteiger partial charge is 0.316 e. The molecule has 1 aromatic rings. The first-order chi connectivity index (χ1) is 9.87. The lowest BCUT2D eigenvalue weighted by Crippen LogP contribution is -2.35. The molecule has 1 N–H and O–H groups in total. The molecular formula is C15H23BrN2O2S. The van der Waals surface area contributed by atoms with Gasteiger partial charge in [-0.05, 0) is 50.1 Å². The zero-order valence-electron chi connectivity index (χ0n) is 12.8. The lowest BCUT2D eigenvalue weighted by Gasteiger charge is -2.25. The van der Waals surface area contributed by atoms with Crippen molar-refractivity contribution in [3.05, 3.63) is 27.7 Å². The van der Waals surface area contributed by atoms with Crippen LogP contribution in [0.5, 0.6) is 0 Å². The average Bonchev–Trinajstić information content (AvgIpc) is 2.95. The molecule has 1 fully saturated rings. The van der Waals surface area contributed by atoms with Gasteiger partial charge >= 0.3 is 0 Å². The zero-order valence-corrected chi connectivity index (χ0v) is 15.2. The topological polar surface area (TPSA) is 49.4 Å². The Morgan fingerprint density at radius 2 is 1.95 bits per heavy atom. The molecule has 1 aliphatic rings. The quantitative estimate of drug-likeness (QED) is 0.861. The Hall–Kier alpha value is -0.430. The maximum Gasteiger partial charge on any atom is 0.243 e. The lowest BCUT2D eigenvalue weighted by molar-refractivity contribution is 0.372. The van der Waals surface area contributed by atoms with E-state index in [1.165, 1.54) is 0 Å². The normalized spacial score (nSPS) is 16.8. The van der Waals surface area contributed by atoms with Crippen molar-refractivity contribution in [1.29, 1.82) is 0 Å². The summed E-state index contributed by atoms with van der Waals surface area (Å²) in [6.45, 7) is 2.50. The van der Waals surface area contributed by atoms with Crippen LogP contribution in [0.4, 0.5) is 0 Å². The zero-order chi connectivity index (χ0) is 15.6. The minimum absolute atomic E-state index is 0.140. The number of sulfonamides is 1. The number of hydrogen-bond donors (Lipinski definition) is 1. The fourth-order valence-corrected chi connectivity index (χ4v) is 5.25. The van der Waals surface area contributed by atoms with Gasteiger partial charge in [0.05, 0.1) is 4.90 Å². The molecule has 0 radical (unpaired) electrons. The third-order valence-corrected chi connectivity index (χ3v) is 7.09. The average molecular weight is 375 g/mol. The van der Waals surface area contributed by atoms with Crippen LogP contribution < -0.4 is 5.32 Å². The van der Waals surface area contributed by atoms with Crippen LogP contribution in [-0.2, 0) is 16.6 Å². The molecule has 2 rings (SSSR count). The van der Waals surface area contributed by atoms with Gasteiger partial charge in [0.1, 0.15) is 0 Å². The van der Waals surface area contributed by atoms with Gasteiger partial charge in [0, 0.05) is 24.1 Å². The third-order valence-electron chi connectivity index (χ3n) is 4.23. The molecule has 0 spiro atoms. The van der Waals surface area contributed by atoms with Crippen LogP contribution >= 0.6 is 15.9 Å². The summed E-state index contributed by atoms with van der Waals surface area (Å²) in [5, 5.41) is 3.06. The first-order valence-corrected chi connectivity index (χ1v) is 9.53. The molecule has 118 valence electrons. The van der Waals surface area contributed by atoms with Crippen molar-refractivity contribution in [1.82, 2.24) is 9.62 Å². The highest BCUT2D eigenvalue weighted by Gasteiger charge is 2.31. The minimum atomic E-state index is -3.44. The van der Waals surface area contributed by atoms with Gasteiger partial charge < -0.3 is 5.32 Å². The van der Waals surface area contributed by atoms with Gasteiger partial charge in [-0.3, -0.25) is 0 Å².